The molecule has 0 aromatic heterocycles. The van der Waals surface area contributed by atoms with Gasteiger partial charge in [0, 0.05) is 24.0 Å². The van der Waals surface area contributed by atoms with Gasteiger partial charge in [-0.25, -0.2) is 0 Å². The Morgan fingerprint density at radius 1 is 1.20 bits per heavy atom. The minimum Gasteiger partial charge on any atom is -0.406 e. The summed E-state index contributed by atoms with van der Waals surface area (Å²) in [5.74, 6) is 5.63. The number of hydrogen-bond acceptors (Lipinski definition) is 2. The van der Waals surface area contributed by atoms with Crippen molar-refractivity contribution in [3.05, 3.63) is 29.8 Å². The molecule has 0 amide bonds. The molecule has 1 N–H and O–H groups in total. The van der Waals surface area contributed by atoms with Crippen LogP contribution in [0.15, 0.2) is 24.3 Å². The lowest BCUT2D eigenvalue weighted by Gasteiger charge is -2.38. The summed E-state index contributed by atoms with van der Waals surface area (Å²) in [7, 11) is 0. The zero-order chi connectivity index (χ0) is 14.6. The molecule has 0 bridgehead atoms. The lowest BCUT2D eigenvalue weighted by atomic mass is 9.67. The third kappa shape index (κ3) is 3.91. The van der Waals surface area contributed by atoms with Gasteiger partial charge >= 0.3 is 6.36 Å². The number of rotatable bonds is 3. The number of aliphatic hydroxyl groups excluding tert-OH is 1. The second-order valence-electron chi connectivity index (χ2n) is 5.06. The van der Waals surface area contributed by atoms with E-state index in [1.54, 1.807) is 0 Å². The molecule has 0 saturated heterocycles. The minimum absolute atomic E-state index is 0.0632. The smallest absolute Gasteiger partial charge is 0.406 e. The van der Waals surface area contributed by atoms with Crippen molar-refractivity contribution in [3.63, 3.8) is 0 Å². The summed E-state index contributed by atoms with van der Waals surface area (Å²) in [5, 5.41) is 9.29. The predicted molar refractivity (Wildman–Crippen MR) is 68.0 cm³/mol. The van der Waals surface area contributed by atoms with E-state index in [1.807, 2.05) is 0 Å². The van der Waals surface area contributed by atoms with Gasteiger partial charge in [-0.05, 0) is 37.1 Å². The average Bonchev–Trinajstić information content (AvgIpc) is 2.33. The van der Waals surface area contributed by atoms with Crippen LogP contribution in [-0.2, 0) is 0 Å². The van der Waals surface area contributed by atoms with Gasteiger partial charge in [0.05, 0.1) is 0 Å². The Kier molecular flexibility index (Phi) is 4.24. The van der Waals surface area contributed by atoms with Gasteiger partial charge < -0.3 is 9.84 Å². The molecule has 2 rings (SSSR count). The predicted octanol–water partition coefficient (Wildman–Crippen LogP) is 3.49. The molecule has 5 heteroatoms. The Morgan fingerprint density at radius 3 is 2.30 bits per heavy atom. The van der Waals surface area contributed by atoms with Crippen molar-refractivity contribution in [1.29, 1.82) is 0 Å². The van der Waals surface area contributed by atoms with E-state index in [-0.39, 0.29) is 17.8 Å². The molecule has 1 fully saturated rings. The van der Waals surface area contributed by atoms with E-state index in [2.05, 4.69) is 16.6 Å². The van der Waals surface area contributed by atoms with Crippen molar-refractivity contribution in [1.82, 2.24) is 0 Å². The quantitative estimate of drug-likeness (QED) is 0.861. The Labute approximate surface area is 115 Å². The summed E-state index contributed by atoms with van der Waals surface area (Å²) < 4.78 is 39.7. The monoisotopic (exact) mass is 284 g/mol. The molecule has 0 atom stereocenters. The van der Waals surface area contributed by atoms with E-state index in [4.69, 9.17) is 0 Å². The third-order valence-corrected chi connectivity index (χ3v) is 3.53. The molecule has 1 saturated carbocycles. The fourth-order valence-corrected chi connectivity index (χ4v) is 2.14. The molecule has 0 spiro atoms. The van der Waals surface area contributed by atoms with Gasteiger partial charge in [0.2, 0.25) is 0 Å². The fraction of sp³-hybridized carbons (Fsp3) is 0.467. The van der Waals surface area contributed by atoms with Crippen molar-refractivity contribution in [2.45, 2.75) is 32.0 Å². The van der Waals surface area contributed by atoms with Crippen molar-refractivity contribution in [2.24, 2.45) is 5.41 Å². The summed E-state index contributed by atoms with van der Waals surface area (Å²) in [4.78, 5) is 0. The summed E-state index contributed by atoms with van der Waals surface area (Å²) in [5.41, 5.74) is 0.568. The van der Waals surface area contributed by atoms with E-state index in [0.29, 0.717) is 12.0 Å². The largest absolute Gasteiger partial charge is 0.573 e. The Morgan fingerprint density at radius 2 is 1.85 bits per heavy atom. The highest BCUT2D eigenvalue weighted by molar-refractivity contribution is 5.38. The van der Waals surface area contributed by atoms with E-state index in [9.17, 15) is 18.3 Å². The van der Waals surface area contributed by atoms with Crippen LogP contribution in [0, 0.1) is 17.3 Å². The second kappa shape index (κ2) is 5.76. The highest BCUT2D eigenvalue weighted by Gasteiger charge is 2.35. The molecule has 1 aliphatic rings. The van der Waals surface area contributed by atoms with Crippen LogP contribution < -0.4 is 4.74 Å². The number of alkyl halides is 3. The average molecular weight is 284 g/mol. The van der Waals surface area contributed by atoms with Crippen LogP contribution in [0.3, 0.4) is 0 Å². The summed E-state index contributed by atoms with van der Waals surface area (Å²) in [6.45, 7) is 0.139. The first kappa shape index (κ1) is 14.7. The summed E-state index contributed by atoms with van der Waals surface area (Å²) >= 11 is 0. The Bertz CT molecular complexity index is 499. The number of hydrogen-bond donors (Lipinski definition) is 1. The van der Waals surface area contributed by atoms with Crippen molar-refractivity contribution < 1.29 is 23.0 Å². The molecule has 1 aromatic carbocycles. The van der Waals surface area contributed by atoms with Crippen molar-refractivity contribution in [3.8, 4) is 17.6 Å². The normalized spacial score (nSPS) is 16.8. The van der Waals surface area contributed by atoms with E-state index in [0.717, 1.165) is 19.3 Å². The first-order valence-corrected chi connectivity index (χ1v) is 6.38. The molecule has 20 heavy (non-hydrogen) atoms. The van der Waals surface area contributed by atoms with Gasteiger partial charge in [0.15, 0.2) is 0 Å². The lowest BCUT2D eigenvalue weighted by Crippen LogP contribution is -2.32. The molecule has 0 unspecified atom stereocenters. The van der Waals surface area contributed by atoms with Gasteiger partial charge in [-0.15, -0.1) is 13.2 Å². The molecular formula is C15H15F3O2. The topological polar surface area (TPSA) is 29.5 Å². The zero-order valence-electron chi connectivity index (χ0n) is 10.8. The first-order valence-electron chi connectivity index (χ1n) is 6.38. The summed E-state index contributed by atoms with van der Waals surface area (Å²) in [6, 6.07) is 5.45. The maximum Gasteiger partial charge on any atom is 0.573 e. The van der Waals surface area contributed by atoms with E-state index in [1.165, 1.54) is 24.3 Å². The maximum absolute atomic E-state index is 12.0. The van der Waals surface area contributed by atoms with Gasteiger partial charge in [-0.2, -0.15) is 0 Å². The Balaban J connectivity index is 1.94. The minimum atomic E-state index is -4.68. The lowest BCUT2D eigenvalue weighted by molar-refractivity contribution is -0.274. The third-order valence-electron chi connectivity index (χ3n) is 3.53. The molecule has 0 radical (unpaired) electrons. The van der Waals surface area contributed by atoms with Crippen LogP contribution >= 0.6 is 0 Å². The molecule has 1 aromatic rings. The van der Waals surface area contributed by atoms with Gasteiger partial charge in [0.1, 0.15) is 5.75 Å². The Hall–Kier alpha value is -1.67. The van der Waals surface area contributed by atoms with Crippen LogP contribution in [0.5, 0.6) is 5.75 Å². The summed E-state index contributed by atoms with van der Waals surface area (Å²) in [6.07, 6.45) is -0.978. The fourth-order valence-electron chi connectivity index (χ4n) is 2.14. The number of ether oxygens (including phenoxy) is 1. The van der Waals surface area contributed by atoms with Crippen molar-refractivity contribution in [2.75, 3.05) is 6.61 Å². The highest BCUT2D eigenvalue weighted by Crippen LogP contribution is 2.43. The maximum atomic E-state index is 12.0. The second-order valence-corrected chi connectivity index (χ2v) is 5.06. The van der Waals surface area contributed by atoms with Gasteiger partial charge in [-0.1, -0.05) is 18.3 Å². The molecular weight excluding hydrogens is 269 g/mol. The standard InChI is InChI=1S/C15H15F3O2/c16-15(17,18)20-13-6-4-12(5-7-13)3-1-8-14(11-19)9-2-10-14/h4-7,19H,2,8-11H2. The van der Waals surface area contributed by atoms with Crippen LogP contribution in [0.1, 0.15) is 31.2 Å². The zero-order valence-corrected chi connectivity index (χ0v) is 10.8. The van der Waals surface area contributed by atoms with Crippen LogP contribution in [-0.4, -0.2) is 18.1 Å². The van der Waals surface area contributed by atoms with E-state index >= 15 is 0 Å². The van der Waals surface area contributed by atoms with Crippen LogP contribution in [0.4, 0.5) is 13.2 Å². The molecule has 0 aliphatic heterocycles. The molecule has 108 valence electrons. The van der Waals surface area contributed by atoms with Crippen LogP contribution in [0.25, 0.3) is 0 Å². The number of halogens is 3. The van der Waals surface area contributed by atoms with Crippen LogP contribution in [0.2, 0.25) is 0 Å². The van der Waals surface area contributed by atoms with E-state index < -0.39 is 6.36 Å². The number of benzene rings is 1. The highest BCUT2D eigenvalue weighted by atomic mass is 19.4. The molecule has 2 nitrogen and oxygen atoms in total. The van der Waals surface area contributed by atoms with Gasteiger partial charge in [0.25, 0.3) is 0 Å². The van der Waals surface area contributed by atoms with Gasteiger partial charge in [-0.3, -0.25) is 0 Å². The molecule has 1 aliphatic carbocycles. The first-order chi connectivity index (χ1) is 9.42. The molecule has 0 heterocycles. The SMILES string of the molecule is OCC1(CC#Cc2ccc(OC(F)(F)F)cc2)CCC1. The number of aliphatic hydroxyl groups is 1. The van der Waals surface area contributed by atoms with Crippen molar-refractivity contribution >= 4 is 0 Å².